The molecule has 1 saturated carbocycles. The van der Waals surface area contributed by atoms with Crippen molar-refractivity contribution in [3.05, 3.63) is 29.3 Å². The average molecular weight is 219 g/mol. The number of rotatable bonds is 2. The summed E-state index contributed by atoms with van der Waals surface area (Å²) >= 11 is 0. The van der Waals surface area contributed by atoms with Crippen LogP contribution < -0.4 is 5.32 Å². The molecule has 0 spiro atoms. The normalized spacial score (nSPS) is 25.4. The van der Waals surface area contributed by atoms with E-state index in [1.54, 1.807) is 0 Å². The fourth-order valence-electron chi connectivity index (χ4n) is 2.42. The second-order valence-electron chi connectivity index (χ2n) is 4.97. The van der Waals surface area contributed by atoms with Gasteiger partial charge >= 0.3 is 0 Å². The van der Waals surface area contributed by atoms with Gasteiger partial charge in [0, 0.05) is 11.7 Å². The highest BCUT2D eigenvalue weighted by Crippen LogP contribution is 2.24. The molecular weight excluding hydrogens is 198 g/mol. The fraction of sp³-hybridized carbons (Fsp3) is 0.571. The molecule has 88 valence electrons. The molecule has 0 saturated heterocycles. The molecule has 2 rings (SSSR count). The Morgan fingerprint density at radius 3 is 2.44 bits per heavy atom. The van der Waals surface area contributed by atoms with Crippen LogP contribution in [-0.2, 0) is 0 Å². The molecule has 0 aliphatic heterocycles. The molecule has 0 aromatic heterocycles. The molecule has 2 N–H and O–H groups in total. The van der Waals surface area contributed by atoms with E-state index in [1.165, 1.54) is 16.8 Å². The Hall–Kier alpha value is -1.02. The third kappa shape index (κ3) is 2.76. The van der Waals surface area contributed by atoms with E-state index in [0.29, 0.717) is 6.04 Å². The van der Waals surface area contributed by atoms with Crippen molar-refractivity contribution in [2.75, 3.05) is 5.32 Å². The van der Waals surface area contributed by atoms with Gasteiger partial charge in [0.2, 0.25) is 0 Å². The SMILES string of the molecule is Cc1ccc(NC2CCC(O)CC2)c(C)c1. The van der Waals surface area contributed by atoms with Gasteiger partial charge in [-0.1, -0.05) is 17.7 Å². The minimum atomic E-state index is -0.0721. The minimum absolute atomic E-state index is 0.0721. The second-order valence-corrected chi connectivity index (χ2v) is 4.97. The van der Waals surface area contributed by atoms with Gasteiger partial charge in [0.05, 0.1) is 6.10 Å². The Bertz CT molecular complexity index is 354. The van der Waals surface area contributed by atoms with E-state index in [9.17, 15) is 5.11 Å². The van der Waals surface area contributed by atoms with Gasteiger partial charge in [0.1, 0.15) is 0 Å². The molecule has 2 nitrogen and oxygen atoms in total. The number of aliphatic hydroxyl groups is 1. The van der Waals surface area contributed by atoms with E-state index in [2.05, 4.69) is 37.4 Å². The van der Waals surface area contributed by atoms with Crippen LogP contribution in [-0.4, -0.2) is 17.3 Å². The standard InChI is InChI=1S/C14H21NO/c1-10-3-8-14(11(2)9-10)15-12-4-6-13(16)7-5-12/h3,8-9,12-13,15-16H,4-7H2,1-2H3. The van der Waals surface area contributed by atoms with Gasteiger partial charge in [-0.05, 0) is 51.2 Å². The largest absolute Gasteiger partial charge is 0.393 e. The molecule has 2 heteroatoms. The van der Waals surface area contributed by atoms with E-state index in [4.69, 9.17) is 0 Å². The first kappa shape index (κ1) is 11.5. The summed E-state index contributed by atoms with van der Waals surface area (Å²) in [5.74, 6) is 0. The highest BCUT2D eigenvalue weighted by Gasteiger charge is 2.19. The first-order valence-corrected chi connectivity index (χ1v) is 6.17. The van der Waals surface area contributed by atoms with Crippen molar-refractivity contribution in [2.24, 2.45) is 0 Å². The number of hydrogen-bond donors (Lipinski definition) is 2. The van der Waals surface area contributed by atoms with Crippen LogP contribution in [0.3, 0.4) is 0 Å². The molecule has 1 aliphatic rings. The van der Waals surface area contributed by atoms with Gasteiger partial charge in [-0.3, -0.25) is 0 Å². The zero-order chi connectivity index (χ0) is 11.5. The van der Waals surface area contributed by atoms with Gasteiger partial charge in [0.15, 0.2) is 0 Å². The molecule has 0 radical (unpaired) electrons. The van der Waals surface area contributed by atoms with Crippen molar-refractivity contribution in [3.63, 3.8) is 0 Å². The first-order chi connectivity index (χ1) is 7.65. The summed E-state index contributed by atoms with van der Waals surface area (Å²) in [6.45, 7) is 4.26. The summed E-state index contributed by atoms with van der Waals surface area (Å²) in [5.41, 5.74) is 3.86. The van der Waals surface area contributed by atoms with Crippen LogP contribution in [0.5, 0.6) is 0 Å². The molecule has 16 heavy (non-hydrogen) atoms. The molecule has 0 atom stereocenters. The van der Waals surface area contributed by atoms with Gasteiger partial charge in [-0.2, -0.15) is 0 Å². The van der Waals surface area contributed by atoms with Crippen molar-refractivity contribution in [1.29, 1.82) is 0 Å². The predicted octanol–water partition coefficient (Wildman–Crippen LogP) is 3.02. The zero-order valence-corrected chi connectivity index (χ0v) is 10.2. The monoisotopic (exact) mass is 219 g/mol. The van der Waals surface area contributed by atoms with Gasteiger partial charge in [0.25, 0.3) is 0 Å². The summed E-state index contributed by atoms with van der Waals surface area (Å²) in [7, 11) is 0. The van der Waals surface area contributed by atoms with Crippen LogP contribution >= 0.6 is 0 Å². The van der Waals surface area contributed by atoms with Crippen LogP contribution in [0.25, 0.3) is 0 Å². The summed E-state index contributed by atoms with van der Waals surface area (Å²) in [4.78, 5) is 0. The molecule has 0 unspecified atom stereocenters. The van der Waals surface area contributed by atoms with Crippen LogP contribution in [0, 0.1) is 13.8 Å². The van der Waals surface area contributed by atoms with E-state index < -0.39 is 0 Å². The molecule has 0 bridgehead atoms. The van der Waals surface area contributed by atoms with Crippen molar-refractivity contribution < 1.29 is 5.11 Å². The lowest BCUT2D eigenvalue weighted by atomic mass is 9.93. The quantitative estimate of drug-likeness (QED) is 0.801. The average Bonchev–Trinajstić information content (AvgIpc) is 2.25. The third-order valence-corrected chi connectivity index (χ3v) is 3.44. The highest BCUT2D eigenvalue weighted by molar-refractivity contribution is 5.52. The van der Waals surface area contributed by atoms with E-state index in [1.807, 2.05) is 0 Å². The van der Waals surface area contributed by atoms with Crippen molar-refractivity contribution >= 4 is 5.69 Å². The Labute approximate surface area is 97.7 Å². The lowest BCUT2D eigenvalue weighted by Crippen LogP contribution is -2.28. The van der Waals surface area contributed by atoms with Gasteiger partial charge in [-0.15, -0.1) is 0 Å². The van der Waals surface area contributed by atoms with Crippen molar-refractivity contribution in [1.82, 2.24) is 0 Å². The lowest BCUT2D eigenvalue weighted by molar-refractivity contribution is 0.126. The van der Waals surface area contributed by atoms with Crippen LogP contribution in [0.1, 0.15) is 36.8 Å². The topological polar surface area (TPSA) is 32.3 Å². The minimum Gasteiger partial charge on any atom is -0.393 e. The van der Waals surface area contributed by atoms with Gasteiger partial charge < -0.3 is 10.4 Å². The first-order valence-electron chi connectivity index (χ1n) is 6.17. The molecule has 1 aliphatic carbocycles. The van der Waals surface area contributed by atoms with Crippen molar-refractivity contribution in [3.8, 4) is 0 Å². The maximum Gasteiger partial charge on any atom is 0.0541 e. The molecule has 0 heterocycles. The van der Waals surface area contributed by atoms with E-state index in [-0.39, 0.29) is 6.10 Å². The molecular formula is C14H21NO. The highest BCUT2D eigenvalue weighted by atomic mass is 16.3. The smallest absolute Gasteiger partial charge is 0.0541 e. The van der Waals surface area contributed by atoms with E-state index >= 15 is 0 Å². The number of anilines is 1. The maximum atomic E-state index is 9.46. The number of aliphatic hydroxyl groups excluding tert-OH is 1. The predicted molar refractivity (Wildman–Crippen MR) is 67.8 cm³/mol. The molecule has 1 aromatic rings. The molecule has 1 aromatic carbocycles. The maximum absolute atomic E-state index is 9.46. The number of hydrogen-bond acceptors (Lipinski definition) is 2. The zero-order valence-electron chi connectivity index (χ0n) is 10.2. The van der Waals surface area contributed by atoms with Gasteiger partial charge in [-0.25, -0.2) is 0 Å². The third-order valence-electron chi connectivity index (χ3n) is 3.44. The van der Waals surface area contributed by atoms with Crippen molar-refractivity contribution in [2.45, 2.75) is 51.7 Å². The Balaban J connectivity index is 1.98. The van der Waals surface area contributed by atoms with E-state index in [0.717, 1.165) is 25.7 Å². The number of benzene rings is 1. The molecule has 0 amide bonds. The van der Waals surface area contributed by atoms with Crippen LogP contribution in [0.2, 0.25) is 0 Å². The van der Waals surface area contributed by atoms with Crippen LogP contribution in [0.4, 0.5) is 5.69 Å². The fourth-order valence-corrected chi connectivity index (χ4v) is 2.42. The number of aryl methyl sites for hydroxylation is 2. The summed E-state index contributed by atoms with van der Waals surface area (Å²) in [6, 6.07) is 7.05. The summed E-state index contributed by atoms with van der Waals surface area (Å²) in [5, 5.41) is 13.0. The molecule has 1 fully saturated rings. The Kier molecular flexibility index (Phi) is 3.49. The number of nitrogens with one attached hydrogen (secondary N) is 1. The van der Waals surface area contributed by atoms with Crippen LogP contribution in [0.15, 0.2) is 18.2 Å². The Morgan fingerprint density at radius 2 is 1.81 bits per heavy atom. The lowest BCUT2D eigenvalue weighted by Gasteiger charge is -2.27. The Morgan fingerprint density at radius 1 is 1.12 bits per heavy atom. The second kappa shape index (κ2) is 4.88. The summed E-state index contributed by atoms with van der Waals surface area (Å²) in [6.07, 6.45) is 3.95. The summed E-state index contributed by atoms with van der Waals surface area (Å²) < 4.78 is 0.